The van der Waals surface area contributed by atoms with Crippen LogP contribution in [0, 0.1) is 11.7 Å². The van der Waals surface area contributed by atoms with Gasteiger partial charge in [0.2, 0.25) is 0 Å². The van der Waals surface area contributed by atoms with Crippen molar-refractivity contribution in [3.63, 3.8) is 0 Å². The van der Waals surface area contributed by atoms with E-state index in [1.54, 1.807) is 0 Å². The zero-order valence-electron chi connectivity index (χ0n) is 10.5. The molecule has 0 bridgehead atoms. The largest absolute Gasteiger partial charge is 0.378 e. The van der Waals surface area contributed by atoms with Crippen LogP contribution in [0.5, 0.6) is 0 Å². The lowest BCUT2D eigenvalue weighted by atomic mass is 9.94. The van der Waals surface area contributed by atoms with Gasteiger partial charge in [-0.2, -0.15) is 0 Å². The summed E-state index contributed by atoms with van der Waals surface area (Å²) in [7, 11) is 0. The smallest absolute Gasteiger partial charge is 0.185 e. The van der Waals surface area contributed by atoms with Crippen LogP contribution in [0.1, 0.15) is 24.3 Å². The molecule has 0 aromatic carbocycles. The van der Waals surface area contributed by atoms with Crippen LogP contribution < -0.4 is 5.32 Å². The van der Waals surface area contributed by atoms with Crippen LogP contribution in [-0.2, 0) is 4.74 Å². The highest BCUT2D eigenvalue weighted by Crippen LogP contribution is 2.14. The van der Waals surface area contributed by atoms with Gasteiger partial charge in [-0.3, -0.25) is 9.78 Å². The first-order valence-corrected chi connectivity index (χ1v) is 6.07. The Morgan fingerprint density at radius 1 is 1.56 bits per heavy atom. The molecule has 0 radical (unpaired) electrons. The van der Waals surface area contributed by atoms with Crippen molar-refractivity contribution in [3.05, 3.63) is 29.8 Å². The second-order valence-corrected chi connectivity index (χ2v) is 4.73. The summed E-state index contributed by atoms with van der Waals surface area (Å²) in [5.74, 6) is -0.775. The monoisotopic (exact) mass is 252 g/mol. The van der Waals surface area contributed by atoms with Gasteiger partial charge in [0.1, 0.15) is 11.5 Å². The molecule has 98 valence electrons. The normalized spacial score (nSPS) is 25.7. The third-order valence-corrected chi connectivity index (χ3v) is 3.16. The number of nitrogens with zero attached hydrogens (tertiary/aromatic N) is 1. The van der Waals surface area contributed by atoms with Crippen LogP contribution >= 0.6 is 0 Å². The minimum Gasteiger partial charge on any atom is -0.378 e. The lowest BCUT2D eigenvalue weighted by Crippen LogP contribution is -2.52. The molecule has 1 aromatic heterocycles. The number of halogens is 1. The van der Waals surface area contributed by atoms with E-state index < -0.39 is 5.82 Å². The fourth-order valence-electron chi connectivity index (χ4n) is 2.06. The first-order valence-electron chi connectivity index (χ1n) is 6.07. The quantitative estimate of drug-likeness (QED) is 0.827. The highest BCUT2D eigenvalue weighted by Gasteiger charge is 2.29. The van der Waals surface area contributed by atoms with Crippen molar-refractivity contribution in [2.45, 2.75) is 25.9 Å². The SMILES string of the molecule is CC1COCC(C(C)C(=O)c2ccc(F)cn2)N1. The average Bonchev–Trinajstić information content (AvgIpc) is 2.38. The number of rotatable bonds is 3. The van der Waals surface area contributed by atoms with E-state index in [9.17, 15) is 9.18 Å². The predicted molar refractivity (Wildman–Crippen MR) is 64.9 cm³/mol. The highest BCUT2D eigenvalue weighted by molar-refractivity contribution is 5.96. The van der Waals surface area contributed by atoms with Gasteiger partial charge in [0.15, 0.2) is 5.78 Å². The molecular weight excluding hydrogens is 235 g/mol. The average molecular weight is 252 g/mol. The maximum Gasteiger partial charge on any atom is 0.185 e. The summed E-state index contributed by atoms with van der Waals surface area (Å²) in [6.45, 7) is 5.02. The minimum absolute atomic E-state index is 0.0203. The first kappa shape index (κ1) is 13.1. The molecule has 1 saturated heterocycles. The van der Waals surface area contributed by atoms with E-state index >= 15 is 0 Å². The number of ketones is 1. The number of ether oxygens (including phenoxy) is 1. The summed E-state index contributed by atoms with van der Waals surface area (Å²) in [5, 5.41) is 3.33. The number of carbonyl (C=O) groups excluding carboxylic acids is 1. The number of Topliss-reactive ketones (excluding diaryl/α,β-unsaturated/α-hetero) is 1. The van der Waals surface area contributed by atoms with E-state index in [0.717, 1.165) is 6.20 Å². The summed E-state index contributed by atoms with van der Waals surface area (Å²) < 4.78 is 18.2. The maximum absolute atomic E-state index is 12.8. The Morgan fingerprint density at radius 2 is 2.33 bits per heavy atom. The van der Waals surface area contributed by atoms with E-state index in [-0.39, 0.29) is 23.8 Å². The second kappa shape index (κ2) is 5.54. The zero-order chi connectivity index (χ0) is 13.1. The van der Waals surface area contributed by atoms with Crippen molar-refractivity contribution in [3.8, 4) is 0 Å². The summed E-state index contributed by atoms with van der Waals surface area (Å²) >= 11 is 0. The molecule has 1 aliphatic rings. The molecule has 2 rings (SSSR count). The molecule has 0 aliphatic carbocycles. The number of pyridine rings is 1. The van der Waals surface area contributed by atoms with E-state index in [1.807, 2.05) is 13.8 Å². The van der Waals surface area contributed by atoms with Crippen LogP contribution in [0.3, 0.4) is 0 Å². The van der Waals surface area contributed by atoms with Crippen molar-refractivity contribution in [2.24, 2.45) is 5.92 Å². The molecule has 2 heterocycles. The van der Waals surface area contributed by atoms with E-state index in [4.69, 9.17) is 4.74 Å². The molecule has 3 unspecified atom stereocenters. The maximum atomic E-state index is 12.8. The van der Waals surface area contributed by atoms with Gasteiger partial charge >= 0.3 is 0 Å². The van der Waals surface area contributed by atoms with Crippen molar-refractivity contribution in [2.75, 3.05) is 13.2 Å². The second-order valence-electron chi connectivity index (χ2n) is 4.73. The van der Waals surface area contributed by atoms with Gasteiger partial charge in [-0.05, 0) is 19.1 Å². The van der Waals surface area contributed by atoms with Crippen molar-refractivity contribution in [1.82, 2.24) is 10.3 Å². The van der Waals surface area contributed by atoms with Crippen molar-refractivity contribution >= 4 is 5.78 Å². The number of hydrogen-bond donors (Lipinski definition) is 1. The molecule has 1 aromatic rings. The van der Waals surface area contributed by atoms with Gasteiger partial charge in [-0.25, -0.2) is 4.39 Å². The fourth-order valence-corrected chi connectivity index (χ4v) is 2.06. The summed E-state index contributed by atoms with van der Waals surface area (Å²) in [4.78, 5) is 16.0. The van der Waals surface area contributed by atoms with Crippen LogP contribution in [0.15, 0.2) is 18.3 Å². The Labute approximate surface area is 106 Å². The first-order chi connectivity index (χ1) is 8.58. The molecule has 1 N–H and O–H groups in total. The number of morpholine rings is 1. The van der Waals surface area contributed by atoms with Crippen molar-refractivity contribution < 1.29 is 13.9 Å². The lowest BCUT2D eigenvalue weighted by Gasteiger charge is -2.32. The topological polar surface area (TPSA) is 51.2 Å². The third-order valence-electron chi connectivity index (χ3n) is 3.16. The van der Waals surface area contributed by atoms with Gasteiger partial charge in [0.25, 0.3) is 0 Å². The Balaban J connectivity index is 2.06. The third kappa shape index (κ3) is 2.91. The summed E-state index contributed by atoms with van der Waals surface area (Å²) in [6, 6.07) is 2.88. The molecule has 18 heavy (non-hydrogen) atoms. The number of carbonyl (C=O) groups is 1. The van der Waals surface area contributed by atoms with E-state index in [0.29, 0.717) is 18.9 Å². The Hall–Kier alpha value is -1.33. The molecule has 0 saturated carbocycles. The molecule has 0 spiro atoms. The zero-order valence-corrected chi connectivity index (χ0v) is 10.5. The molecule has 5 heteroatoms. The van der Waals surface area contributed by atoms with Gasteiger partial charge in [0.05, 0.1) is 19.4 Å². The lowest BCUT2D eigenvalue weighted by molar-refractivity contribution is 0.0330. The van der Waals surface area contributed by atoms with Crippen LogP contribution in [-0.4, -0.2) is 36.1 Å². The molecule has 1 fully saturated rings. The molecular formula is C13H17FN2O2. The highest BCUT2D eigenvalue weighted by atomic mass is 19.1. The van der Waals surface area contributed by atoms with Crippen LogP contribution in [0.2, 0.25) is 0 Å². The minimum atomic E-state index is -0.438. The number of aromatic nitrogens is 1. The number of hydrogen-bond acceptors (Lipinski definition) is 4. The predicted octanol–water partition coefficient (Wildman–Crippen LogP) is 1.42. The van der Waals surface area contributed by atoms with Crippen molar-refractivity contribution in [1.29, 1.82) is 0 Å². The summed E-state index contributed by atoms with van der Waals surface area (Å²) in [5.41, 5.74) is 0.295. The fraction of sp³-hybridized carbons (Fsp3) is 0.538. The Bertz CT molecular complexity index is 422. The van der Waals surface area contributed by atoms with Gasteiger partial charge in [0, 0.05) is 18.0 Å². The van der Waals surface area contributed by atoms with Gasteiger partial charge in [-0.15, -0.1) is 0 Å². The molecule has 3 atom stereocenters. The molecule has 0 amide bonds. The molecule has 4 nitrogen and oxygen atoms in total. The van der Waals surface area contributed by atoms with Crippen LogP contribution in [0.25, 0.3) is 0 Å². The van der Waals surface area contributed by atoms with E-state index in [1.165, 1.54) is 12.1 Å². The Morgan fingerprint density at radius 3 is 2.94 bits per heavy atom. The van der Waals surface area contributed by atoms with E-state index in [2.05, 4.69) is 10.3 Å². The standard InChI is InChI=1S/C13H17FN2O2/c1-8-6-18-7-12(16-8)9(2)13(17)11-4-3-10(14)5-15-11/h3-5,8-9,12,16H,6-7H2,1-2H3. The Kier molecular flexibility index (Phi) is 4.04. The number of nitrogens with one attached hydrogen (secondary N) is 1. The van der Waals surface area contributed by atoms with Gasteiger partial charge < -0.3 is 10.1 Å². The molecule has 1 aliphatic heterocycles. The summed E-state index contributed by atoms with van der Waals surface area (Å²) in [6.07, 6.45) is 1.06. The van der Waals surface area contributed by atoms with Crippen LogP contribution in [0.4, 0.5) is 4.39 Å². The van der Waals surface area contributed by atoms with Gasteiger partial charge in [-0.1, -0.05) is 6.92 Å².